The van der Waals surface area contributed by atoms with Crippen molar-refractivity contribution in [3.63, 3.8) is 0 Å². The van der Waals surface area contributed by atoms with Crippen LogP contribution in [0.4, 0.5) is 24.7 Å². The maximum atomic E-state index is 13.9. The third kappa shape index (κ3) is 4.01. The van der Waals surface area contributed by atoms with Gasteiger partial charge < -0.3 is 10.6 Å². The van der Waals surface area contributed by atoms with E-state index in [1.807, 2.05) is 6.07 Å². The van der Waals surface area contributed by atoms with Crippen LogP contribution in [0, 0.1) is 0 Å². The van der Waals surface area contributed by atoms with Crippen molar-refractivity contribution < 1.29 is 18.0 Å². The van der Waals surface area contributed by atoms with E-state index in [4.69, 9.17) is 5.73 Å². The molecule has 39 heavy (non-hydrogen) atoms. The summed E-state index contributed by atoms with van der Waals surface area (Å²) in [6.45, 7) is 4.07. The normalized spacial score (nSPS) is 13.2. The first-order valence-corrected chi connectivity index (χ1v) is 12.0. The SMILES string of the molecule is C=CC(=O)N1CCc2ccc(-n3c(=O)ccc4cnc5ccc(-c6cnc(N)cc6C(F)(F)F)cc5c43)cc21. The molecule has 2 N–H and O–H groups in total. The van der Waals surface area contributed by atoms with Crippen molar-refractivity contribution in [3.05, 3.63) is 101 Å². The van der Waals surface area contributed by atoms with Gasteiger partial charge in [0.1, 0.15) is 5.82 Å². The average molecular weight is 528 g/mol. The predicted octanol–water partition coefficient (Wildman–Crippen LogP) is 5.28. The van der Waals surface area contributed by atoms with Gasteiger partial charge in [-0.3, -0.25) is 19.1 Å². The van der Waals surface area contributed by atoms with E-state index in [1.165, 1.54) is 22.8 Å². The molecule has 0 atom stereocenters. The van der Waals surface area contributed by atoms with Gasteiger partial charge in [0.2, 0.25) is 5.91 Å². The smallest absolute Gasteiger partial charge is 0.384 e. The Labute approximate surface area is 219 Å². The molecule has 5 aromatic rings. The lowest BCUT2D eigenvalue weighted by Crippen LogP contribution is -2.27. The zero-order valence-corrected chi connectivity index (χ0v) is 20.4. The number of carbonyl (C=O) groups is 1. The number of fused-ring (bicyclic) bond motifs is 4. The lowest BCUT2D eigenvalue weighted by molar-refractivity contribution is -0.137. The summed E-state index contributed by atoms with van der Waals surface area (Å²) in [7, 11) is 0. The highest BCUT2D eigenvalue weighted by molar-refractivity contribution is 6.06. The van der Waals surface area contributed by atoms with Gasteiger partial charge in [0, 0.05) is 47.0 Å². The zero-order valence-electron chi connectivity index (χ0n) is 20.4. The molecule has 1 aliphatic heterocycles. The van der Waals surface area contributed by atoms with E-state index in [0.29, 0.717) is 46.1 Å². The highest BCUT2D eigenvalue weighted by Gasteiger charge is 2.34. The minimum absolute atomic E-state index is 0.142. The van der Waals surface area contributed by atoms with Gasteiger partial charge in [0.15, 0.2) is 0 Å². The number of anilines is 2. The van der Waals surface area contributed by atoms with Gasteiger partial charge in [-0.25, -0.2) is 4.98 Å². The van der Waals surface area contributed by atoms with Gasteiger partial charge >= 0.3 is 6.18 Å². The number of nitrogens with two attached hydrogens (primary N) is 1. The quantitative estimate of drug-likeness (QED) is 0.255. The Hall–Kier alpha value is -4.99. The molecule has 1 aliphatic rings. The number of amides is 1. The molecule has 2 aromatic carbocycles. The minimum atomic E-state index is -4.65. The first-order valence-electron chi connectivity index (χ1n) is 12.0. The number of halogens is 3. The Morgan fingerprint density at radius 3 is 2.62 bits per heavy atom. The van der Waals surface area contributed by atoms with E-state index in [-0.39, 0.29) is 28.4 Å². The molecule has 0 aliphatic carbocycles. The molecule has 3 aromatic heterocycles. The first-order chi connectivity index (χ1) is 18.7. The van der Waals surface area contributed by atoms with E-state index in [9.17, 15) is 22.8 Å². The van der Waals surface area contributed by atoms with Crippen LogP contribution in [0.5, 0.6) is 0 Å². The Balaban J connectivity index is 1.63. The van der Waals surface area contributed by atoms with Gasteiger partial charge in [0.05, 0.1) is 22.3 Å². The molecule has 0 spiro atoms. The van der Waals surface area contributed by atoms with E-state index >= 15 is 0 Å². The van der Waals surface area contributed by atoms with Crippen LogP contribution in [-0.2, 0) is 17.4 Å². The van der Waals surface area contributed by atoms with Crippen LogP contribution in [0.1, 0.15) is 11.1 Å². The number of carbonyl (C=O) groups excluding carboxylic acids is 1. The van der Waals surface area contributed by atoms with E-state index in [2.05, 4.69) is 16.5 Å². The maximum absolute atomic E-state index is 13.9. The van der Waals surface area contributed by atoms with Crippen molar-refractivity contribution >= 4 is 39.2 Å². The van der Waals surface area contributed by atoms with Crippen LogP contribution in [0.15, 0.2) is 84.4 Å². The number of nitrogen functional groups attached to an aromatic ring is 1. The van der Waals surface area contributed by atoms with Gasteiger partial charge in [-0.2, -0.15) is 13.2 Å². The lowest BCUT2D eigenvalue weighted by Gasteiger charge is -2.18. The Morgan fingerprint density at radius 2 is 1.85 bits per heavy atom. The summed E-state index contributed by atoms with van der Waals surface area (Å²) < 4.78 is 43.1. The Kier molecular flexibility index (Phi) is 5.49. The van der Waals surface area contributed by atoms with Gasteiger partial charge in [-0.05, 0) is 60.0 Å². The van der Waals surface area contributed by atoms with Crippen molar-refractivity contribution in [1.82, 2.24) is 14.5 Å². The molecular weight excluding hydrogens is 507 g/mol. The molecule has 4 heterocycles. The van der Waals surface area contributed by atoms with Crippen LogP contribution in [0.25, 0.3) is 38.6 Å². The molecule has 0 fully saturated rings. The third-order valence-corrected chi connectivity index (χ3v) is 6.92. The molecule has 0 saturated heterocycles. The second kappa shape index (κ2) is 8.80. The van der Waals surface area contributed by atoms with Gasteiger partial charge in [-0.15, -0.1) is 0 Å². The summed E-state index contributed by atoms with van der Waals surface area (Å²) >= 11 is 0. The van der Waals surface area contributed by atoms with Crippen LogP contribution >= 0.6 is 0 Å². The number of rotatable bonds is 3. The number of nitrogens with zero attached hydrogens (tertiary/aromatic N) is 4. The third-order valence-electron chi connectivity index (χ3n) is 6.92. The Bertz CT molecular complexity index is 1900. The highest BCUT2D eigenvalue weighted by Crippen LogP contribution is 2.39. The molecule has 0 radical (unpaired) electrons. The van der Waals surface area contributed by atoms with Crippen LogP contribution in [-0.4, -0.2) is 27.0 Å². The van der Waals surface area contributed by atoms with Gasteiger partial charge in [0.25, 0.3) is 5.56 Å². The molecule has 194 valence electrons. The molecule has 0 saturated carbocycles. The molecule has 0 unspecified atom stereocenters. The molecule has 1 amide bonds. The van der Waals surface area contributed by atoms with E-state index in [1.54, 1.807) is 41.4 Å². The molecular formula is C29H20F3N5O2. The molecule has 6 rings (SSSR count). The lowest BCUT2D eigenvalue weighted by atomic mass is 9.98. The topological polar surface area (TPSA) is 94.1 Å². The summed E-state index contributed by atoms with van der Waals surface area (Å²) in [6.07, 6.45) is -0.0305. The van der Waals surface area contributed by atoms with Crippen molar-refractivity contribution in [2.75, 3.05) is 17.2 Å². The summed E-state index contributed by atoms with van der Waals surface area (Å²) in [5.41, 5.74) is 7.53. The number of hydrogen-bond acceptors (Lipinski definition) is 5. The monoisotopic (exact) mass is 527 g/mol. The van der Waals surface area contributed by atoms with Crippen LogP contribution in [0.3, 0.4) is 0 Å². The maximum Gasteiger partial charge on any atom is 0.417 e. The number of hydrogen-bond donors (Lipinski definition) is 1. The van der Waals surface area contributed by atoms with Crippen LogP contribution < -0.4 is 16.2 Å². The van der Waals surface area contributed by atoms with E-state index < -0.39 is 11.7 Å². The average Bonchev–Trinajstić information content (AvgIpc) is 3.35. The number of alkyl halides is 3. The summed E-state index contributed by atoms with van der Waals surface area (Å²) in [5.74, 6) is -0.485. The fourth-order valence-electron chi connectivity index (χ4n) is 5.12. The predicted molar refractivity (Wildman–Crippen MR) is 144 cm³/mol. The molecule has 0 bridgehead atoms. The number of benzene rings is 2. The summed E-state index contributed by atoms with van der Waals surface area (Å²) in [5, 5.41) is 1.09. The highest BCUT2D eigenvalue weighted by atomic mass is 19.4. The van der Waals surface area contributed by atoms with E-state index in [0.717, 1.165) is 17.8 Å². The first kappa shape index (κ1) is 24.4. The summed E-state index contributed by atoms with van der Waals surface area (Å²) in [6, 6.07) is 14.0. The summed E-state index contributed by atoms with van der Waals surface area (Å²) in [4.78, 5) is 35.7. The fraction of sp³-hybridized carbons (Fsp3) is 0.103. The van der Waals surface area contributed by atoms with Crippen LogP contribution in [0.2, 0.25) is 0 Å². The fourth-order valence-corrected chi connectivity index (χ4v) is 5.12. The van der Waals surface area contributed by atoms with Crippen molar-refractivity contribution in [1.29, 1.82) is 0 Å². The van der Waals surface area contributed by atoms with Crippen molar-refractivity contribution in [2.45, 2.75) is 12.6 Å². The second-order valence-electron chi connectivity index (χ2n) is 9.21. The number of aromatic nitrogens is 3. The Morgan fingerprint density at radius 1 is 1.03 bits per heavy atom. The standard InChI is InChI=1S/C29H20F3N5O2/c1-2-26(38)36-10-9-16-3-6-19(12-24(16)36)37-27(39)8-5-18-14-34-23-7-4-17(11-20(23)28(18)37)21-15-35-25(33)13-22(21)29(30,31)32/h2-8,11-15H,1,9-10H2,(H2,33,35). The van der Waals surface area contributed by atoms with Crippen molar-refractivity contribution in [3.8, 4) is 16.8 Å². The van der Waals surface area contributed by atoms with Gasteiger partial charge in [-0.1, -0.05) is 18.7 Å². The second-order valence-corrected chi connectivity index (χ2v) is 9.21. The number of pyridine rings is 3. The zero-order chi connectivity index (χ0) is 27.5. The van der Waals surface area contributed by atoms with Crippen molar-refractivity contribution in [2.24, 2.45) is 0 Å². The molecule has 10 heteroatoms. The minimum Gasteiger partial charge on any atom is -0.384 e. The molecule has 7 nitrogen and oxygen atoms in total. The largest absolute Gasteiger partial charge is 0.417 e.